The van der Waals surface area contributed by atoms with Gasteiger partial charge >= 0.3 is 0 Å². The third-order valence-corrected chi connectivity index (χ3v) is 5.55. The standard InChI is InChI=1S/C17H18FN7O/c1-23-15(18)6-13(22-23)17(26)24-7-10-5-12(11(10)8-24)21-16-14-3-2-4-25(14)20-9-19-16/h2-4,6,9-12H,5,7-8H2,1H3,(H,19,20,21). The molecule has 4 heterocycles. The molecule has 5 rings (SSSR count). The summed E-state index contributed by atoms with van der Waals surface area (Å²) in [4.78, 5) is 18.7. The maximum atomic E-state index is 13.5. The van der Waals surface area contributed by atoms with E-state index in [9.17, 15) is 9.18 Å². The summed E-state index contributed by atoms with van der Waals surface area (Å²) in [6.07, 6.45) is 4.40. The number of carbonyl (C=O) groups is 1. The summed E-state index contributed by atoms with van der Waals surface area (Å²) in [5.41, 5.74) is 1.10. The summed E-state index contributed by atoms with van der Waals surface area (Å²) in [6, 6.07) is 5.37. The fourth-order valence-electron chi connectivity index (χ4n) is 4.10. The normalized spacial score (nSPS) is 24.5. The van der Waals surface area contributed by atoms with Gasteiger partial charge in [-0.2, -0.15) is 14.6 Å². The Morgan fingerprint density at radius 2 is 2.27 bits per heavy atom. The highest BCUT2D eigenvalue weighted by molar-refractivity contribution is 5.92. The Morgan fingerprint density at radius 3 is 3.08 bits per heavy atom. The Labute approximate surface area is 148 Å². The SMILES string of the molecule is Cn1nc(C(=O)N2CC3CC(Nc4ncnn5cccc45)C3C2)cc1F. The lowest BCUT2D eigenvalue weighted by Crippen LogP contribution is -2.45. The Hall–Kier alpha value is -2.97. The number of aryl methyl sites for hydroxylation is 1. The van der Waals surface area contributed by atoms with Gasteiger partial charge in [-0.25, -0.2) is 14.2 Å². The minimum Gasteiger partial charge on any atom is -0.365 e. The van der Waals surface area contributed by atoms with E-state index in [-0.39, 0.29) is 17.6 Å². The summed E-state index contributed by atoms with van der Waals surface area (Å²) in [6.45, 7) is 1.35. The molecule has 3 aromatic rings. The Kier molecular flexibility index (Phi) is 3.25. The van der Waals surface area contributed by atoms with Crippen molar-refractivity contribution in [2.45, 2.75) is 12.5 Å². The zero-order chi connectivity index (χ0) is 17.8. The van der Waals surface area contributed by atoms with Crippen molar-refractivity contribution in [1.82, 2.24) is 29.3 Å². The number of rotatable bonds is 3. The topological polar surface area (TPSA) is 80.3 Å². The number of nitrogens with zero attached hydrogens (tertiary/aromatic N) is 6. The summed E-state index contributed by atoms with van der Waals surface area (Å²) < 4.78 is 16.3. The van der Waals surface area contributed by atoms with Gasteiger partial charge in [0.1, 0.15) is 11.8 Å². The van der Waals surface area contributed by atoms with Crippen molar-refractivity contribution in [2.24, 2.45) is 18.9 Å². The van der Waals surface area contributed by atoms with Gasteiger partial charge in [0.2, 0.25) is 5.95 Å². The van der Waals surface area contributed by atoms with Crippen LogP contribution < -0.4 is 5.32 Å². The summed E-state index contributed by atoms with van der Waals surface area (Å²) >= 11 is 0. The lowest BCUT2D eigenvalue weighted by molar-refractivity contribution is 0.0780. The summed E-state index contributed by atoms with van der Waals surface area (Å²) in [7, 11) is 1.49. The lowest BCUT2D eigenvalue weighted by Gasteiger charge is -2.39. The third-order valence-electron chi connectivity index (χ3n) is 5.55. The molecular weight excluding hydrogens is 337 g/mol. The Morgan fingerprint density at radius 1 is 1.38 bits per heavy atom. The molecule has 8 nitrogen and oxygen atoms in total. The van der Waals surface area contributed by atoms with Gasteiger partial charge in [-0.1, -0.05) is 0 Å². The molecule has 9 heteroatoms. The van der Waals surface area contributed by atoms with Crippen molar-refractivity contribution in [3.05, 3.63) is 42.4 Å². The van der Waals surface area contributed by atoms with Crippen molar-refractivity contribution in [3.8, 4) is 0 Å². The highest BCUT2D eigenvalue weighted by Gasteiger charge is 2.48. The first-order valence-corrected chi connectivity index (χ1v) is 8.64. The van der Waals surface area contributed by atoms with Crippen LogP contribution in [0.15, 0.2) is 30.7 Å². The summed E-state index contributed by atoms with van der Waals surface area (Å²) in [5, 5.41) is 11.6. The van der Waals surface area contributed by atoms with Crippen LogP contribution in [0.4, 0.5) is 10.2 Å². The van der Waals surface area contributed by atoms with E-state index in [4.69, 9.17) is 0 Å². The number of likely N-dealkylation sites (tertiary alicyclic amines) is 1. The number of anilines is 1. The molecule has 1 aliphatic carbocycles. The number of halogens is 1. The average molecular weight is 355 g/mol. The smallest absolute Gasteiger partial charge is 0.274 e. The van der Waals surface area contributed by atoms with Crippen LogP contribution in [-0.2, 0) is 7.05 Å². The van der Waals surface area contributed by atoms with E-state index in [0.717, 1.165) is 22.4 Å². The van der Waals surface area contributed by atoms with Crippen LogP contribution in [0.5, 0.6) is 0 Å². The average Bonchev–Trinajstić information content (AvgIpc) is 3.31. The molecule has 2 aliphatic rings. The first-order chi connectivity index (χ1) is 12.6. The molecule has 1 N–H and O–H groups in total. The second-order valence-corrected chi connectivity index (χ2v) is 7.04. The van der Waals surface area contributed by atoms with Crippen LogP contribution in [0.25, 0.3) is 5.52 Å². The Bertz CT molecular complexity index is 977. The molecule has 3 atom stereocenters. The second-order valence-electron chi connectivity index (χ2n) is 7.04. The van der Waals surface area contributed by atoms with Gasteiger partial charge in [0.05, 0.1) is 0 Å². The maximum absolute atomic E-state index is 13.5. The fourth-order valence-corrected chi connectivity index (χ4v) is 4.10. The van der Waals surface area contributed by atoms with Gasteiger partial charge in [0, 0.05) is 44.4 Å². The van der Waals surface area contributed by atoms with E-state index in [0.29, 0.717) is 24.9 Å². The summed E-state index contributed by atoms with van der Waals surface area (Å²) in [5.74, 6) is 0.945. The molecule has 0 bridgehead atoms. The first-order valence-electron chi connectivity index (χ1n) is 8.64. The first kappa shape index (κ1) is 15.3. The van der Waals surface area contributed by atoms with Gasteiger partial charge < -0.3 is 10.2 Å². The number of nitrogens with one attached hydrogen (secondary N) is 1. The molecule has 1 aliphatic heterocycles. The largest absolute Gasteiger partial charge is 0.365 e. The van der Waals surface area contributed by atoms with Crippen molar-refractivity contribution < 1.29 is 9.18 Å². The highest BCUT2D eigenvalue weighted by Crippen LogP contribution is 2.42. The number of aromatic nitrogens is 5. The number of amides is 1. The van der Waals surface area contributed by atoms with Gasteiger partial charge in [-0.15, -0.1) is 0 Å². The van der Waals surface area contributed by atoms with Gasteiger partial charge in [-0.05, 0) is 24.5 Å². The molecule has 1 saturated carbocycles. The Balaban J connectivity index is 1.29. The van der Waals surface area contributed by atoms with Crippen LogP contribution in [0.1, 0.15) is 16.9 Å². The number of hydrogen-bond acceptors (Lipinski definition) is 5. The molecule has 3 aromatic heterocycles. The van der Waals surface area contributed by atoms with Gasteiger partial charge in [0.15, 0.2) is 11.5 Å². The van der Waals surface area contributed by atoms with Crippen molar-refractivity contribution in [3.63, 3.8) is 0 Å². The zero-order valence-electron chi connectivity index (χ0n) is 14.2. The van der Waals surface area contributed by atoms with Gasteiger partial charge in [0.25, 0.3) is 5.91 Å². The molecular formula is C17H18FN7O. The van der Waals surface area contributed by atoms with Crippen LogP contribution >= 0.6 is 0 Å². The quantitative estimate of drug-likeness (QED) is 0.763. The van der Waals surface area contributed by atoms with Crippen molar-refractivity contribution >= 4 is 17.2 Å². The van der Waals surface area contributed by atoms with Gasteiger partial charge in [-0.3, -0.25) is 4.79 Å². The van der Waals surface area contributed by atoms with Crippen molar-refractivity contribution in [1.29, 1.82) is 0 Å². The van der Waals surface area contributed by atoms with E-state index in [1.54, 1.807) is 9.42 Å². The van der Waals surface area contributed by atoms with E-state index in [2.05, 4.69) is 20.5 Å². The second kappa shape index (κ2) is 5.52. The molecule has 0 spiro atoms. The van der Waals surface area contributed by atoms with Crippen LogP contribution in [0.2, 0.25) is 0 Å². The van der Waals surface area contributed by atoms with E-state index in [1.165, 1.54) is 19.4 Å². The number of fused-ring (bicyclic) bond motifs is 2. The maximum Gasteiger partial charge on any atom is 0.274 e. The third kappa shape index (κ3) is 2.27. The minimum atomic E-state index is -0.505. The van der Waals surface area contributed by atoms with E-state index < -0.39 is 5.95 Å². The molecule has 26 heavy (non-hydrogen) atoms. The molecule has 3 unspecified atom stereocenters. The minimum absolute atomic E-state index is 0.168. The van der Waals surface area contributed by atoms with Crippen LogP contribution in [0, 0.1) is 17.8 Å². The van der Waals surface area contributed by atoms with E-state index in [1.807, 2.05) is 18.3 Å². The van der Waals surface area contributed by atoms with E-state index >= 15 is 0 Å². The predicted octanol–water partition coefficient (Wildman–Crippen LogP) is 1.17. The molecule has 2 fully saturated rings. The molecule has 134 valence electrons. The van der Waals surface area contributed by atoms with Crippen molar-refractivity contribution in [2.75, 3.05) is 18.4 Å². The molecule has 0 aromatic carbocycles. The van der Waals surface area contributed by atoms with Crippen LogP contribution in [-0.4, -0.2) is 54.3 Å². The monoisotopic (exact) mass is 355 g/mol. The number of hydrogen-bond donors (Lipinski definition) is 1. The molecule has 0 radical (unpaired) electrons. The zero-order valence-corrected chi connectivity index (χ0v) is 14.2. The highest BCUT2D eigenvalue weighted by atomic mass is 19.1. The fraction of sp³-hybridized carbons (Fsp3) is 0.412. The number of carbonyl (C=O) groups excluding carboxylic acids is 1. The lowest BCUT2D eigenvalue weighted by atomic mass is 9.71. The molecule has 1 saturated heterocycles. The van der Waals surface area contributed by atoms with Crippen LogP contribution in [0.3, 0.4) is 0 Å². The predicted molar refractivity (Wildman–Crippen MR) is 91.1 cm³/mol. The molecule has 1 amide bonds.